The fraction of sp³-hybridized carbons (Fsp3) is 0.231. The summed E-state index contributed by atoms with van der Waals surface area (Å²) in [6.45, 7) is 4.27. The first-order valence-electron chi connectivity index (χ1n) is 10.8. The quantitative estimate of drug-likeness (QED) is 0.160. The molecule has 0 aliphatic carbocycles. The summed E-state index contributed by atoms with van der Waals surface area (Å²) in [7, 11) is 0. The summed E-state index contributed by atoms with van der Waals surface area (Å²) < 4.78 is 16.5. The Morgan fingerprint density at radius 2 is 1.79 bits per heavy atom. The van der Waals surface area contributed by atoms with Crippen molar-refractivity contribution in [2.24, 2.45) is 5.16 Å². The van der Waals surface area contributed by atoms with Crippen molar-refractivity contribution in [1.29, 1.82) is 0 Å². The molecule has 1 amide bonds. The van der Waals surface area contributed by atoms with Gasteiger partial charge >= 0.3 is 6.09 Å². The van der Waals surface area contributed by atoms with E-state index in [4.69, 9.17) is 13.8 Å². The first kappa shape index (κ1) is 22.7. The molecule has 4 rings (SSSR count). The molecule has 6 nitrogen and oxygen atoms in total. The van der Waals surface area contributed by atoms with Crippen LogP contribution in [0.15, 0.2) is 82.8 Å². The highest BCUT2D eigenvalue weighted by molar-refractivity contribution is 7.94. The molecule has 0 spiro atoms. The summed E-state index contributed by atoms with van der Waals surface area (Å²) in [4.78, 5) is 12.6. The van der Waals surface area contributed by atoms with Crippen molar-refractivity contribution >= 4 is 30.0 Å². The Kier molecular flexibility index (Phi) is 7.19. The van der Waals surface area contributed by atoms with Crippen LogP contribution in [-0.2, 0) is 14.6 Å². The number of fused-ring (bicyclic) bond motifs is 1. The molecule has 0 saturated heterocycles. The van der Waals surface area contributed by atoms with Crippen LogP contribution in [0, 0.1) is 0 Å². The van der Waals surface area contributed by atoms with Crippen LogP contribution in [0.1, 0.15) is 32.3 Å². The third-order valence-corrected chi connectivity index (χ3v) is 5.81. The van der Waals surface area contributed by atoms with Crippen LogP contribution in [0.2, 0.25) is 0 Å². The van der Waals surface area contributed by atoms with Crippen LogP contribution < -0.4 is 10.1 Å². The lowest BCUT2D eigenvalue weighted by Gasteiger charge is -2.32. The van der Waals surface area contributed by atoms with Crippen LogP contribution in [0.5, 0.6) is 5.75 Å². The molecule has 170 valence electrons. The number of benzene rings is 3. The molecule has 0 unspecified atom stereocenters. The molecule has 0 atom stereocenters. The van der Waals surface area contributed by atoms with Crippen LogP contribution in [0.4, 0.5) is 10.5 Å². The topological polar surface area (TPSA) is 69.2 Å². The second-order valence-electron chi connectivity index (χ2n) is 8.06. The van der Waals surface area contributed by atoms with Crippen molar-refractivity contribution in [3.63, 3.8) is 0 Å². The minimum Gasteiger partial charge on any atom is -0.494 e. The third-order valence-electron chi connectivity index (χ3n) is 5.18. The van der Waals surface area contributed by atoms with Crippen molar-refractivity contribution < 1.29 is 18.6 Å². The number of cyclic esters (lactones) is 1. The van der Waals surface area contributed by atoms with E-state index < -0.39 is 11.7 Å². The van der Waals surface area contributed by atoms with Gasteiger partial charge < -0.3 is 13.8 Å². The minimum atomic E-state index is -0.694. The van der Waals surface area contributed by atoms with Gasteiger partial charge in [-0.2, -0.15) is 0 Å². The Labute approximate surface area is 198 Å². The standard InChI is InChI=1S/C26H26N2O4S/c1-26(2)23-18-21(12-15-24(23)28-25(29)31-26)30-17-7-6-16-27-32-33-22-13-10-20(11-14-22)19-8-4-3-5-9-19/h3-5,8-16,18H,6-7,17H2,1-2H3,(H,28,29). The Morgan fingerprint density at radius 3 is 2.58 bits per heavy atom. The van der Waals surface area contributed by atoms with Gasteiger partial charge in [0.2, 0.25) is 0 Å². The van der Waals surface area contributed by atoms with E-state index in [0.717, 1.165) is 34.7 Å². The highest BCUT2D eigenvalue weighted by atomic mass is 32.2. The zero-order valence-corrected chi connectivity index (χ0v) is 19.4. The van der Waals surface area contributed by atoms with E-state index in [1.165, 1.54) is 23.2 Å². The molecule has 33 heavy (non-hydrogen) atoms. The molecule has 1 aliphatic rings. The number of hydrogen-bond acceptors (Lipinski definition) is 6. The molecule has 1 N–H and O–H groups in total. The molecule has 7 heteroatoms. The average molecular weight is 463 g/mol. The van der Waals surface area contributed by atoms with Crippen molar-refractivity contribution in [3.05, 3.63) is 78.4 Å². The number of nitrogens with zero attached hydrogens (tertiary/aromatic N) is 1. The predicted octanol–water partition coefficient (Wildman–Crippen LogP) is 7.02. The van der Waals surface area contributed by atoms with Gasteiger partial charge in [0.05, 0.1) is 17.2 Å². The first-order valence-corrected chi connectivity index (χ1v) is 11.5. The number of ether oxygens (including phenoxy) is 2. The lowest BCUT2D eigenvalue weighted by atomic mass is 9.94. The van der Waals surface area contributed by atoms with Crippen LogP contribution >= 0.6 is 12.0 Å². The van der Waals surface area contributed by atoms with E-state index >= 15 is 0 Å². The van der Waals surface area contributed by atoms with Gasteiger partial charge in [-0.15, -0.1) is 0 Å². The van der Waals surface area contributed by atoms with Gasteiger partial charge in [0.1, 0.15) is 23.4 Å². The van der Waals surface area contributed by atoms with Crippen molar-refractivity contribution in [2.75, 3.05) is 11.9 Å². The van der Waals surface area contributed by atoms with Crippen molar-refractivity contribution in [1.82, 2.24) is 0 Å². The van der Waals surface area contributed by atoms with Gasteiger partial charge in [-0.05, 0) is 68.1 Å². The third kappa shape index (κ3) is 6.08. The molecule has 3 aromatic rings. The summed E-state index contributed by atoms with van der Waals surface area (Å²) in [5.41, 5.74) is 3.31. The maximum Gasteiger partial charge on any atom is 0.412 e. The number of oxime groups is 1. The summed E-state index contributed by atoms with van der Waals surface area (Å²) in [6, 6.07) is 24.0. The molecular formula is C26H26N2O4S. The number of anilines is 1. The lowest BCUT2D eigenvalue weighted by molar-refractivity contribution is 0.0418. The number of hydrogen-bond donors (Lipinski definition) is 1. The Hall–Kier alpha value is -3.45. The summed E-state index contributed by atoms with van der Waals surface area (Å²) in [5.74, 6) is 0.740. The van der Waals surface area contributed by atoms with Crippen LogP contribution in [0.3, 0.4) is 0 Å². The molecule has 0 saturated carbocycles. The molecule has 0 aromatic heterocycles. The fourth-order valence-corrected chi connectivity index (χ4v) is 3.93. The maximum atomic E-state index is 11.6. The van der Waals surface area contributed by atoms with Crippen molar-refractivity contribution in [2.45, 2.75) is 37.2 Å². The van der Waals surface area contributed by atoms with Crippen molar-refractivity contribution in [3.8, 4) is 16.9 Å². The van der Waals surface area contributed by atoms with E-state index in [2.05, 4.69) is 34.7 Å². The smallest absolute Gasteiger partial charge is 0.412 e. The van der Waals surface area contributed by atoms with E-state index in [1.807, 2.05) is 62.4 Å². The molecule has 1 aliphatic heterocycles. The SMILES string of the molecule is CC1(C)OC(=O)Nc2ccc(OCCCC=NOSc3ccc(-c4ccccc4)cc3)cc21. The van der Waals surface area contributed by atoms with Crippen LogP contribution in [0.25, 0.3) is 11.1 Å². The number of rotatable bonds is 9. The Morgan fingerprint density at radius 1 is 1.03 bits per heavy atom. The molecular weight excluding hydrogens is 436 g/mol. The van der Waals surface area contributed by atoms with Gasteiger partial charge in [-0.25, -0.2) is 4.79 Å². The number of unbranched alkanes of at least 4 members (excludes halogenated alkanes) is 1. The summed E-state index contributed by atoms with van der Waals surface area (Å²) in [6.07, 6.45) is 2.85. The van der Waals surface area contributed by atoms with E-state index in [1.54, 1.807) is 6.21 Å². The van der Waals surface area contributed by atoms with E-state index in [9.17, 15) is 4.79 Å². The van der Waals surface area contributed by atoms with Gasteiger partial charge in [-0.3, -0.25) is 5.32 Å². The predicted molar refractivity (Wildman–Crippen MR) is 132 cm³/mol. The van der Waals surface area contributed by atoms with Gasteiger partial charge in [0.15, 0.2) is 0 Å². The zero-order chi connectivity index (χ0) is 23.1. The largest absolute Gasteiger partial charge is 0.494 e. The first-order chi connectivity index (χ1) is 16.0. The second-order valence-corrected chi connectivity index (χ2v) is 8.85. The second kappa shape index (κ2) is 10.4. The van der Waals surface area contributed by atoms with Crippen LogP contribution in [-0.4, -0.2) is 18.9 Å². The number of nitrogens with one attached hydrogen (secondary N) is 1. The molecule has 1 heterocycles. The number of carbonyl (C=O) groups excluding carboxylic acids is 1. The molecule has 0 bridgehead atoms. The normalized spacial score (nSPS) is 14.3. The monoisotopic (exact) mass is 462 g/mol. The Balaban J connectivity index is 1.16. The number of amides is 1. The summed E-state index contributed by atoms with van der Waals surface area (Å²) >= 11 is 1.23. The van der Waals surface area contributed by atoms with Gasteiger partial charge in [-0.1, -0.05) is 47.6 Å². The zero-order valence-electron chi connectivity index (χ0n) is 18.6. The maximum absolute atomic E-state index is 11.6. The van der Waals surface area contributed by atoms with E-state index in [0.29, 0.717) is 6.61 Å². The highest BCUT2D eigenvalue weighted by Gasteiger charge is 2.33. The number of carbonyl (C=O) groups is 1. The summed E-state index contributed by atoms with van der Waals surface area (Å²) in [5, 5.41) is 6.71. The molecule has 0 fully saturated rings. The lowest BCUT2D eigenvalue weighted by Crippen LogP contribution is -2.34. The highest BCUT2D eigenvalue weighted by Crippen LogP contribution is 2.37. The Bertz CT molecular complexity index is 1110. The molecule has 3 aromatic carbocycles. The van der Waals surface area contributed by atoms with Gasteiger partial charge in [0, 0.05) is 11.8 Å². The molecule has 0 radical (unpaired) electrons. The van der Waals surface area contributed by atoms with Gasteiger partial charge in [0.25, 0.3) is 0 Å². The minimum absolute atomic E-state index is 0.440. The average Bonchev–Trinajstić information content (AvgIpc) is 2.81. The van der Waals surface area contributed by atoms with E-state index in [-0.39, 0.29) is 0 Å². The fourth-order valence-electron chi connectivity index (χ4n) is 3.49.